The molecule has 4 aromatic rings. The van der Waals surface area contributed by atoms with Gasteiger partial charge in [-0.05, 0) is 5.41 Å². The summed E-state index contributed by atoms with van der Waals surface area (Å²) in [5.41, 5.74) is 2.75. The van der Waals surface area contributed by atoms with Crippen molar-refractivity contribution in [3.63, 3.8) is 0 Å². The van der Waals surface area contributed by atoms with E-state index >= 15 is 0 Å². The van der Waals surface area contributed by atoms with Crippen LogP contribution in [0.1, 0.15) is 26.6 Å². The minimum atomic E-state index is 0.186. The molecule has 0 saturated carbocycles. The summed E-state index contributed by atoms with van der Waals surface area (Å²) >= 11 is 0. The Labute approximate surface area is 144 Å². The van der Waals surface area contributed by atoms with Crippen LogP contribution in [0, 0.1) is 5.41 Å². The number of aromatic amines is 1. The SMILES string of the molecule is CC(C)(C)Cn1ccnc1Cn1cc(-c2cncc3[nH]ncc23)nn1. The largest absolute Gasteiger partial charge is 0.333 e. The highest BCUT2D eigenvalue weighted by Crippen LogP contribution is 2.24. The van der Waals surface area contributed by atoms with Gasteiger partial charge in [0.25, 0.3) is 0 Å². The smallest absolute Gasteiger partial charge is 0.130 e. The minimum absolute atomic E-state index is 0.186. The fourth-order valence-electron chi connectivity index (χ4n) is 2.86. The summed E-state index contributed by atoms with van der Waals surface area (Å²) in [4.78, 5) is 8.70. The summed E-state index contributed by atoms with van der Waals surface area (Å²) in [5.74, 6) is 0.964. The Morgan fingerprint density at radius 3 is 2.88 bits per heavy atom. The van der Waals surface area contributed by atoms with Crippen molar-refractivity contribution in [1.82, 2.24) is 39.7 Å². The molecule has 0 bridgehead atoms. The summed E-state index contributed by atoms with van der Waals surface area (Å²) in [6.45, 7) is 8.11. The second-order valence-electron chi connectivity index (χ2n) is 7.35. The highest BCUT2D eigenvalue weighted by atomic mass is 15.4. The Morgan fingerprint density at radius 1 is 1.16 bits per heavy atom. The van der Waals surface area contributed by atoms with Crippen LogP contribution < -0.4 is 0 Å². The van der Waals surface area contributed by atoms with Gasteiger partial charge in [-0.2, -0.15) is 5.10 Å². The number of aromatic nitrogens is 8. The number of imidazole rings is 1. The molecule has 0 atom stereocenters. The number of nitrogens with zero attached hydrogens (tertiary/aromatic N) is 7. The monoisotopic (exact) mass is 336 g/mol. The topological polar surface area (TPSA) is 90.1 Å². The molecule has 0 aliphatic heterocycles. The van der Waals surface area contributed by atoms with Crippen molar-refractivity contribution in [1.29, 1.82) is 0 Å². The average molecular weight is 336 g/mol. The molecule has 4 aromatic heterocycles. The molecule has 25 heavy (non-hydrogen) atoms. The predicted octanol–water partition coefficient (Wildman–Crippen LogP) is 2.51. The molecule has 0 aromatic carbocycles. The number of hydrogen-bond donors (Lipinski definition) is 1. The van der Waals surface area contributed by atoms with E-state index in [1.165, 1.54) is 0 Å². The van der Waals surface area contributed by atoms with E-state index in [0.29, 0.717) is 6.54 Å². The Kier molecular flexibility index (Phi) is 3.60. The highest BCUT2D eigenvalue weighted by Gasteiger charge is 2.15. The minimum Gasteiger partial charge on any atom is -0.333 e. The van der Waals surface area contributed by atoms with E-state index in [0.717, 1.165) is 34.5 Å². The fourth-order valence-corrected chi connectivity index (χ4v) is 2.86. The molecule has 1 N–H and O–H groups in total. The number of hydrogen-bond acceptors (Lipinski definition) is 5. The standard InChI is InChI=1S/C17H20N8/c1-17(2,3)11-24-5-4-19-16(24)10-25-9-15(22-23-25)12-6-18-8-14-13(12)7-20-21-14/h4-9H,10-11H2,1-3H3,(H,20,21). The molecule has 0 radical (unpaired) electrons. The molecule has 4 heterocycles. The molecule has 0 amide bonds. The Bertz CT molecular complexity index is 1000. The lowest BCUT2D eigenvalue weighted by Crippen LogP contribution is -2.18. The number of H-pyrrole nitrogens is 1. The summed E-state index contributed by atoms with van der Waals surface area (Å²) in [6, 6.07) is 0. The first kappa shape index (κ1) is 15.5. The second kappa shape index (κ2) is 5.80. The van der Waals surface area contributed by atoms with E-state index < -0.39 is 0 Å². The van der Waals surface area contributed by atoms with E-state index in [-0.39, 0.29) is 5.41 Å². The van der Waals surface area contributed by atoms with Crippen LogP contribution in [0.4, 0.5) is 0 Å². The Balaban J connectivity index is 1.61. The van der Waals surface area contributed by atoms with Crippen molar-refractivity contribution in [2.24, 2.45) is 5.41 Å². The zero-order valence-corrected chi connectivity index (χ0v) is 14.5. The molecule has 8 heteroatoms. The fraction of sp³-hybridized carbons (Fsp3) is 0.353. The third-order valence-electron chi connectivity index (χ3n) is 3.93. The number of pyridine rings is 1. The first-order valence-corrected chi connectivity index (χ1v) is 8.17. The van der Waals surface area contributed by atoms with E-state index in [1.54, 1.807) is 23.3 Å². The Morgan fingerprint density at radius 2 is 2.04 bits per heavy atom. The molecule has 0 spiro atoms. The zero-order chi connectivity index (χ0) is 17.4. The highest BCUT2D eigenvalue weighted by molar-refractivity contribution is 5.91. The van der Waals surface area contributed by atoms with Crippen molar-refractivity contribution in [2.45, 2.75) is 33.9 Å². The second-order valence-corrected chi connectivity index (χ2v) is 7.35. The van der Waals surface area contributed by atoms with Crippen LogP contribution in [0.3, 0.4) is 0 Å². The van der Waals surface area contributed by atoms with E-state index in [1.807, 2.05) is 18.6 Å². The molecule has 128 valence electrons. The van der Waals surface area contributed by atoms with Crippen molar-refractivity contribution in [3.05, 3.63) is 43.0 Å². The van der Waals surface area contributed by atoms with Crippen LogP contribution in [0.15, 0.2) is 37.2 Å². The van der Waals surface area contributed by atoms with Crippen LogP contribution in [0.5, 0.6) is 0 Å². The molecule has 8 nitrogen and oxygen atoms in total. The van der Waals surface area contributed by atoms with Gasteiger partial charge in [0.1, 0.15) is 18.1 Å². The summed E-state index contributed by atoms with van der Waals surface area (Å²) in [6.07, 6.45) is 11.1. The summed E-state index contributed by atoms with van der Waals surface area (Å²) in [5, 5.41) is 16.5. The zero-order valence-electron chi connectivity index (χ0n) is 14.5. The van der Waals surface area contributed by atoms with Crippen LogP contribution in [-0.2, 0) is 13.1 Å². The molecule has 0 unspecified atom stereocenters. The predicted molar refractivity (Wildman–Crippen MR) is 93.7 cm³/mol. The van der Waals surface area contributed by atoms with Gasteiger partial charge in [-0.15, -0.1) is 5.10 Å². The summed E-state index contributed by atoms with van der Waals surface area (Å²) < 4.78 is 3.97. The maximum atomic E-state index is 4.47. The van der Waals surface area contributed by atoms with E-state index in [4.69, 9.17) is 0 Å². The normalized spacial score (nSPS) is 12.1. The lowest BCUT2D eigenvalue weighted by atomic mass is 9.97. The molecule has 0 aliphatic rings. The maximum absolute atomic E-state index is 4.47. The number of rotatable bonds is 4. The van der Waals surface area contributed by atoms with Gasteiger partial charge in [0, 0.05) is 36.1 Å². The van der Waals surface area contributed by atoms with Gasteiger partial charge in [-0.3, -0.25) is 10.1 Å². The number of nitrogens with one attached hydrogen (secondary N) is 1. The first-order valence-electron chi connectivity index (χ1n) is 8.17. The lowest BCUT2D eigenvalue weighted by Gasteiger charge is -2.20. The van der Waals surface area contributed by atoms with Crippen molar-refractivity contribution in [2.75, 3.05) is 0 Å². The van der Waals surface area contributed by atoms with Gasteiger partial charge in [0.05, 0.1) is 24.1 Å². The van der Waals surface area contributed by atoms with Gasteiger partial charge in [-0.25, -0.2) is 9.67 Å². The van der Waals surface area contributed by atoms with Crippen LogP contribution in [0.2, 0.25) is 0 Å². The molecule has 0 saturated heterocycles. The van der Waals surface area contributed by atoms with Crippen LogP contribution in [0.25, 0.3) is 22.2 Å². The quantitative estimate of drug-likeness (QED) is 0.618. The Hall–Kier alpha value is -3.03. The van der Waals surface area contributed by atoms with Gasteiger partial charge < -0.3 is 4.57 Å². The van der Waals surface area contributed by atoms with Crippen LogP contribution >= 0.6 is 0 Å². The van der Waals surface area contributed by atoms with Gasteiger partial charge >= 0.3 is 0 Å². The lowest BCUT2D eigenvalue weighted by molar-refractivity contribution is 0.335. The summed E-state index contributed by atoms with van der Waals surface area (Å²) in [7, 11) is 0. The van der Waals surface area contributed by atoms with Crippen LogP contribution in [-0.4, -0.2) is 39.7 Å². The van der Waals surface area contributed by atoms with Crippen molar-refractivity contribution in [3.8, 4) is 11.3 Å². The van der Waals surface area contributed by atoms with Gasteiger partial charge in [0.15, 0.2) is 0 Å². The maximum Gasteiger partial charge on any atom is 0.130 e. The first-order chi connectivity index (χ1) is 12.0. The number of fused-ring (bicyclic) bond motifs is 1. The third-order valence-corrected chi connectivity index (χ3v) is 3.93. The average Bonchev–Trinajstić information content (AvgIpc) is 3.27. The van der Waals surface area contributed by atoms with E-state index in [2.05, 4.69) is 55.8 Å². The van der Waals surface area contributed by atoms with Crippen molar-refractivity contribution >= 4 is 10.9 Å². The van der Waals surface area contributed by atoms with E-state index in [9.17, 15) is 0 Å². The van der Waals surface area contributed by atoms with Gasteiger partial charge in [0.2, 0.25) is 0 Å². The van der Waals surface area contributed by atoms with Gasteiger partial charge in [-0.1, -0.05) is 26.0 Å². The third kappa shape index (κ3) is 3.15. The van der Waals surface area contributed by atoms with Crippen molar-refractivity contribution < 1.29 is 0 Å². The molecule has 0 aliphatic carbocycles. The molecule has 4 rings (SSSR count). The molecular weight excluding hydrogens is 316 g/mol. The molecular formula is C17H20N8. The molecule has 0 fully saturated rings.